The van der Waals surface area contributed by atoms with Gasteiger partial charge in [-0.25, -0.2) is 11.0 Å². The number of piperidine rings is 1. The Bertz CT molecular complexity index is 1120. The molecule has 2 fully saturated rings. The van der Waals surface area contributed by atoms with Gasteiger partial charge in [0, 0.05) is 37.2 Å². The summed E-state index contributed by atoms with van der Waals surface area (Å²) in [4.78, 5) is 20.2. The minimum absolute atomic E-state index is 0.258. The molecule has 1 aromatic heterocycles. The molecule has 3 aliphatic rings. The number of para-hydroxylation sites is 1. The lowest BCUT2D eigenvalue weighted by Gasteiger charge is -2.36. The van der Waals surface area contributed by atoms with Crippen molar-refractivity contribution < 1.29 is 13.9 Å². The first-order valence-electron chi connectivity index (χ1n) is 13.0. The van der Waals surface area contributed by atoms with Crippen LogP contribution in [-0.2, 0) is 13.0 Å². The van der Waals surface area contributed by atoms with Crippen LogP contribution in [-0.4, -0.2) is 74.4 Å². The molecule has 192 valence electrons. The fourth-order valence-corrected chi connectivity index (χ4v) is 5.76. The molecule has 1 aromatic carbocycles. The second-order valence-electron chi connectivity index (χ2n) is 10.1. The van der Waals surface area contributed by atoms with Gasteiger partial charge < -0.3 is 29.0 Å². The molecule has 5 rings (SSSR count). The van der Waals surface area contributed by atoms with E-state index < -0.39 is 0 Å². The summed E-state index contributed by atoms with van der Waals surface area (Å²) in [5, 5.41) is 0. The normalized spacial score (nSPS) is 22.3. The molecule has 2 saturated heterocycles. The summed E-state index contributed by atoms with van der Waals surface area (Å²) >= 11 is 0. The lowest BCUT2D eigenvalue weighted by molar-refractivity contribution is 0.187. The Labute approximate surface area is 212 Å². The number of methoxy groups -OCH3 is 1. The van der Waals surface area contributed by atoms with Crippen LogP contribution in [0.5, 0.6) is 11.8 Å². The highest BCUT2D eigenvalue weighted by Crippen LogP contribution is 2.37. The molecule has 0 amide bonds. The van der Waals surface area contributed by atoms with E-state index in [1.165, 1.54) is 19.6 Å². The van der Waals surface area contributed by atoms with Crippen LogP contribution in [0.4, 0.5) is 15.9 Å². The zero-order valence-corrected chi connectivity index (χ0v) is 21.2. The van der Waals surface area contributed by atoms with Gasteiger partial charge in [0.15, 0.2) is 11.6 Å². The molecule has 36 heavy (non-hydrogen) atoms. The third-order valence-electron chi connectivity index (χ3n) is 7.76. The highest BCUT2D eigenvalue weighted by atomic mass is 19.1. The van der Waals surface area contributed by atoms with E-state index in [4.69, 9.17) is 26.0 Å². The van der Waals surface area contributed by atoms with Gasteiger partial charge in [0.25, 0.3) is 0 Å². The van der Waals surface area contributed by atoms with Crippen molar-refractivity contribution in [3.63, 3.8) is 0 Å². The lowest BCUT2D eigenvalue weighted by atomic mass is 9.96. The number of halogens is 1. The Morgan fingerprint density at radius 3 is 2.78 bits per heavy atom. The van der Waals surface area contributed by atoms with Gasteiger partial charge in [-0.15, -0.1) is 0 Å². The maximum absolute atomic E-state index is 14.4. The zero-order chi connectivity index (χ0) is 25.1. The monoisotopic (exact) mass is 494 g/mol. The maximum atomic E-state index is 14.4. The van der Waals surface area contributed by atoms with Crippen molar-refractivity contribution in [2.75, 3.05) is 63.3 Å². The first-order valence-corrected chi connectivity index (χ1v) is 13.0. The van der Waals surface area contributed by atoms with Gasteiger partial charge in [-0.05, 0) is 57.8 Å². The number of rotatable bonds is 7. The largest absolute Gasteiger partial charge is 0.492 e. The second kappa shape index (κ2) is 10.9. The number of fused-ring (bicyclic) bond motifs is 1. The first kappa shape index (κ1) is 24.6. The van der Waals surface area contributed by atoms with Crippen LogP contribution in [0.3, 0.4) is 0 Å². The number of anilines is 2. The minimum atomic E-state index is -0.368. The maximum Gasteiger partial charge on any atom is 0.318 e. The Morgan fingerprint density at radius 1 is 1.14 bits per heavy atom. The summed E-state index contributed by atoms with van der Waals surface area (Å²) in [5.74, 6) is 1.19. The van der Waals surface area contributed by atoms with Crippen molar-refractivity contribution in [2.45, 2.75) is 44.7 Å². The minimum Gasteiger partial charge on any atom is -0.492 e. The van der Waals surface area contributed by atoms with Crippen LogP contribution in [0, 0.1) is 18.3 Å². The number of aromatic nitrogens is 2. The van der Waals surface area contributed by atoms with Crippen molar-refractivity contribution in [1.82, 2.24) is 14.9 Å². The number of ether oxygens (including phenoxy) is 2. The van der Waals surface area contributed by atoms with Crippen molar-refractivity contribution in [3.05, 3.63) is 46.7 Å². The van der Waals surface area contributed by atoms with Crippen LogP contribution in [0.2, 0.25) is 0 Å². The van der Waals surface area contributed by atoms with E-state index in [2.05, 4.69) is 26.6 Å². The van der Waals surface area contributed by atoms with Crippen molar-refractivity contribution in [3.8, 4) is 11.8 Å². The summed E-state index contributed by atoms with van der Waals surface area (Å²) in [6.45, 7) is 12.5. The summed E-state index contributed by atoms with van der Waals surface area (Å²) in [6, 6.07) is 5.81. The number of hydrogen-bond donors (Lipinski definition) is 0. The third-order valence-corrected chi connectivity index (χ3v) is 7.76. The molecule has 0 bridgehead atoms. The molecule has 1 unspecified atom stereocenters. The van der Waals surface area contributed by atoms with Gasteiger partial charge in [0.1, 0.15) is 12.4 Å². The molecule has 0 saturated carbocycles. The highest BCUT2D eigenvalue weighted by molar-refractivity contribution is 5.62. The topological polar surface area (TPSA) is 58.3 Å². The number of likely N-dealkylation sites (N-methyl/N-ethyl adjacent to an activating group) is 1. The lowest BCUT2D eigenvalue weighted by Crippen LogP contribution is -2.40. The van der Waals surface area contributed by atoms with E-state index in [1.54, 1.807) is 6.07 Å². The average molecular weight is 495 g/mol. The van der Waals surface area contributed by atoms with Gasteiger partial charge in [0.05, 0.1) is 25.0 Å². The molecular weight excluding hydrogens is 459 g/mol. The summed E-state index contributed by atoms with van der Waals surface area (Å²) in [6.07, 6.45) is 5.18. The second-order valence-corrected chi connectivity index (χ2v) is 10.1. The van der Waals surface area contributed by atoms with E-state index in [-0.39, 0.29) is 11.6 Å². The molecule has 0 N–H and O–H groups in total. The Balaban J connectivity index is 1.45. The standard InChI is InChI=1S/C27H35FN6O2/c1-29-15-19-7-5-13-34(16-19)26-21-11-14-33(24-10-4-9-22(28)25(24)35-3)17-23(21)30-27(31-26)36-18-20-8-6-12-32(20)2/h4,9-10,19-20H,5-8,11-18H2,2-3H3/t19?,20-/m0/s1. The number of likely N-dealkylation sites (tertiary alicyclic amines) is 1. The van der Waals surface area contributed by atoms with Crippen LogP contribution < -0.4 is 19.3 Å². The van der Waals surface area contributed by atoms with E-state index in [1.807, 2.05) is 6.07 Å². The molecule has 9 heteroatoms. The quantitative estimate of drug-likeness (QED) is 0.543. The third kappa shape index (κ3) is 5.05. The number of benzene rings is 1. The van der Waals surface area contributed by atoms with Gasteiger partial charge in [-0.2, -0.15) is 9.97 Å². The van der Waals surface area contributed by atoms with Gasteiger partial charge in [-0.1, -0.05) is 6.07 Å². The molecule has 8 nitrogen and oxygen atoms in total. The molecule has 0 aliphatic carbocycles. The van der Waals surface area contributed by atoms with Crippen molar-refractivity contribution in [1.29, 1.82) is 0 Å². The van der Waals surface area contributed by atoms with E-state index >= 15 is 0 Å². The molecular formula is C27H35FN6O2. The SMILES string of the molecule is [C-]#[N+]CC1CCCN(c2nc(OC[C@@H]3CCCN3C)nc3c2CCN(c2cccc(F)c2OC)C3)C1. The first-order chi connectivity index (χ1) is 17.6. The number of hydrogen-bond acceptors (Lipinski definition) is 7. The fraction of sp³-hybridized carbons (Fsp3) is 0.593. The molecule has 4 heterocycles. The molecule has 0 spiro atoms. The van der Waals surface area contributed by atoms with Crippen molar-refractivity contribution >= 4 is 11.5 Å². The van der Waals surface area contributed by atoms with Crippen LogP contribution >= 0.6 is 0 Å². The Morgan fingerprint density at radius 2 is 2.00 bits per heavy atom. The zero-order valence-electron chi connectivity index (χ0n) is 21.2. The predicted molar refractivity (Wildman–Crippen MR) is 137 cm³/mol. The van der Waals surface area contributed by atoms with Crippen molar-refractivity contribution in [2.24, 2.45) is 5.92 Å². The molecule has 2 atom stereocenters. The smallest absolute Gasteiger partial charge is 0.318 e. The summed E-state index contributed by atoms with van der Waals surface area (Å²) in [7, 11) is 3.64. The van der Waals surface area contributed by atoms with Gasteiger partial charge >= 0.3 is 6.01 Å². The van der Waals surface area contributed by atoms with Gasteiger partial charge in [-0.3, -0.25) is 0 Å². The predicted octanol–water partition coefficient (Wildman–Crippen LogP) is 3.80. The average Bonchev–Trinajstić information content (AvgIpc) is 3.31. The van der Waals surface area contributed by atoms with E-state index in [9.17, 15) is 4.39 Å². The number of nitrogens with zero attached hydrogens (tertiary/aromatic N) is 6. The van der Waals surface area contributed by atoms with E-state index in [0.717, 1.165) is 74.6 Å². The van der Waals surface area contributed by atoms with E-state index in [0.29, 0.717) is 37.7 Å². The summed E-state index contributed by atoms with van der Waals surface area (Å²) < 4.78 is 26.0. The van der Waals surface area contributed by atoms with Crippen LogP contribution in [0.25, 0.3) is 4.85 Å². The summed E-state index contributed by atoms with van der Waals surface area (Å²) in [5.41, 5.74) is 2.78. The van der Waals surface area contributed by atoms with Crippen LogP contribution in [0.15, 0.2) is 18.2 Å². The van der Waals surface area contributed by atoms with Gasteiger partial charge in [0.2, 0.25) is 6.54 Å². The molecule has 3 aliphatic heterocycles. The Hall–Kier alpha value is -3.12. The highest BCUT2D eigenvalue weighted by Gasteiger charge is 2.31. The molecule has 2 aromatic rings. The Kier molecular flexibility index (Phi) is 7.42. The fourth-order valence-electron chi connectivity index (χ4n) is 5.76. The molecule has 0 radical (unpaired) electrons. The van der Waals surface area contributed by atoms with Crippen LogP contribution in [0.1, 0.15) is 36.9 Å².